The minimum atomic E-state index is 0.114. The number of nitrogens with one attached hydrogen (secondary N) is 2. The Hall–Kier alpha value is -4.71. The average molecular weight is 485 g/mol. The van der Waals surface area contributed by atoms with Crippen LogP contribution in [0.15, 0.2) is 104 Å². The number of fused-ring (bicyclic) bond motifs is 2. The molecule has 0 aliphatic rings. The molecule has 3 aromatic heterocycles. The van der Waals surface area contributed by atoms with Crippen LogP contribution in [-0.2, 0) is 0 Å². The van der Waals surface area contributed by atoms with Crippen LogP contribution >= 0.6 is 0 Å². The summed E-state index contributed by atoms with van der Waals surface area (Å²) in [5.41, 5.74) is 6.61. The first-order valence-electron chi connectivity index (χ1n) is 12.4. The van der Waals surface area contributed by atoms with E-state index in [1.165, 1.54) is 22.2 Å². The monoisotopic (exact) mass is 484 g/mol. The average Bonchev–Trinajstić information content (AvgIpc) is 3.38. The van der Waals surface area contributed by atoms with Gasteiger partial charge < -0.3 is 15.2 Å². The van der Waals surface area contributed by atoms with Gasteiger partial charge in [-0.3, -0.25) is 4.98 Å². The number of nitrogens with zero attached hydrogens (tertiary/aromatic N) is 4. The molecule has 6 heteroatoms. The van der Waals surface area contributed by atoms with Gasteiger partial charge in [0, 0.05) is 72.7 Å². The van der Waals surface area contributed by atoms with Gasteiger partial charge >= 0.3 is 0 Å². The Morgan fingerprint density at radius 3 is 2.41 bits per heavy atom. The van der Waals surface area contributed by atoms with Crippen LogP contribution in [0.1, 0.15) is 17.0 Å². The van der Waals surface area contributed by atoms with Crippen molar-refractivity contribution in [2.45, 2.75) is 5.92 Å². The predicted octanol–water partition coefficient (Wildman–Crippen LogP) is 6.48. The van der Waals surface area contributed by atoms with Crippen LogP contribution in [0.2, 0.25) is 0 Å². The quantitative estimate of drug-likeness (QED) is 0.271. The topological polar surface area (TPSA) is 69.7 Å². The van der Waals surface area contributed by atoms with Crippen LogP contribution in [0, 0.1) is 0 Å². The van der Waals surface area contributed by atoms with Crippen LogP contribution in [0.5, 0.6) is 0 Å². The van der Waals surface area contributed by atoms with Gasteiger partial charge in [0.2, 0.25) is 0 Å². The lowest BCUT2D eigenvalue weighted by molar-refractivity contribution is 0.856. The van der Waals surface area contributed by atoms with Gasteiger partial charge in [-0.2, -0.15) is 0 Å². The van der Waals surface area contributed by atoms with Crippen molar-refractivity contribution in [1.82, 2.24) is 19.9 Å². The highest BCUT2D eigenvalue weighted by Crippen LogP contribution is 2.33. The molecule has 6 aromatic rings. The Balaban J connectivity index is 1.41. The Morgan fingerprint density at radius 2 is 1.62 bits per heavy atom. The molecule has 6 nitrogen and oxygen atoms in total. The fraction of sp³-hybridized carbons (Fsp3) is 0.129. The fourth-order valence-corrected chi connectivity index (χ4v) is 4.83. The van der Waals surface area contributed by atoms with E-state index in [-0.39, 0.29) is 5.92 Å². The number of aromatic nitrogens is 4. The number of rotatable bonds is 7. The Bertz CT molecular complexity index is 1650. The lowest BCUT2D eigenvalue weighted by Gasteiger charge is -2.21. The van der Waals surface area contributed by atoms with E-state index in [4.69, 9.17) is 9.97 Å². The van der Waals surface area contributed by atoms with Gasteiger partial charge in [0.1, 0.15) is 5.82 Å². The van der Waals surface area contributed by atoms with Crippen molar-refractivity contribution in [1.29, 1.82) is 0 Å². The summed E-state index contributed by atoms with van der Waals surface area (Å²) in [5, 5.41) is 5.92. The molecule has 0 aliphatic heterocycles. The molecule has 0 aliphatic carbocycles. The predicted molar refractivity (Wildman–Crippen MR) is 152 cm³/mol. The molecule has 3 aromatic carbocycles. The highest BCUT2D eigenvalue weighted by atomic mass is 15.1. The van der Waals surface area contributed by atoms with Crippen LogP contribution in [-0.4, -0.2) is 40.6 Å². The van der Waals surface area contributed by atoms with Crippen LogP contribution < -0.4 is 10.2 Å². The van der Waals surface area contributed by atoms with Crippen molar-refractivity contribution in [3.63, 3.8) is 0 Å². The number of aromatic amines is 1. The first-order valence-corrected chi connectivity index (χ1v) is 12.4. The molecule has 0 spiro atoms. The maximum absolute atomic E-state index is 4.94. The zero-order chi connectivity index (χ0) is 25.2. The van der Waals surface area contributed by atoms with Crippen molar-refractivity contribution in [3.8, 4) is 11.4 Å². The largest absolute Gasteiger partial charge is 0.378 e. The summed E-state index contributed by atoms with van der Waals surface area (Å²) in [6, 6.07) is 29.3. The Morgan fingerprint density at radius 1 is 0.838 bits per heavy atom. The zero-order valence-electron chi connectivity index (χ0n) is 20.9. The number of benzene rings is 3. The van der Waals surface area contributed by atoms with Crippen LogP contribution in [0.3, 0.4) is 0 Å². The van der Waals surface area contributed by atoms with E-state index in [0.29, 0.717) is 12.4 Å². The van der Waals surface area contributed by atoms with E-state index >= 15 is 0 Å². The minimum Gasteiger partial charge on any atom is -0.378 e. The summed E-state index contributed by atoms with van der Waals surface area (Å²) < 4.78 is 0. The summed E-state index contributed by atoms with van der Waals surface area (Å²) in [5.74, 6) is 1.59. The molecule has 182 valence electrons. The second kappa shape index (κ2) is 9.74. The second-order valence-electron chi connectivity index (χ2n) is 9.36. The third kappa shape index (κ3) is 4.49. The van der Waals surface area contributed by atoms with E-state index in [2.05, 4.69) is 95.1 Å². The normalized spacial score (nSPS) is 12.1. The summed E-state index contributed by atoms with van der Waals surface area (Å²) in [6.45, 7) is 0.677. The van der Waals surface area contributed by atoms with Crippen LogP contribution in [0.4, 0.5) is 11.5 Å². The number of hydrogen-bond acceptors (Lipinski definition) is 5. The third-order valence-corrected chi connectivity index (χ3v) is 6.81. The zero-order valence-corrected chi connectivity index (χ0v) is 20.9. The first kappa shape index (κ1) is 22.7. The first-order chi connectivity index (χ1) is 18.2. The van der Waals surface area contributed by atoms with Crippen molar-refractivity contribution in [2.75, 3.05) is 30.9 Å². The number of para-hydroxylation sites is 2. The lowest BCUT2D eigenvalue weighted by Crippen LogP contribution is -2.16. The van der Waals surface area contributed by atoms with Crippen molar-refractivity contribution in [2.24, 2.45) is 0 Å². The number of hydrogen-bond donors (Lipinski definition) is 2. The SMILES string of the molecule is CN(C)c1ccc([C@@H](CNc2nc(-c3cccnc3)nc3ccccc23)c2c[nH]c3ccccc23)cc1. The van der Waals surface area contributed by atoms with Gasteiger partial charge in [-0.15, -0.1) is 0 Å². The maximum atomic E-state index is 4.94. The fourth-order valence-electron chi connectivity index (χ4n) is 4.83. The summed E-state index contributed by atoms with van der Waals surface area (Å²) >= 11 is 0. The molecule has 0 fully saturated rings. The van der Waals surface area contributed by atoms with Gasteiger partial charge in [0.05, 0.1) is 5.52 Å². The van der Waals surface area contributed by atoms with E-state index < -0.39 is 0 Å². The van der Waals surface area contributed by atoms with E-state index in [9.17, 15) is 0 Å². The molecule has 0 saturated heterocycles. The minimum absolute atomic E-state index is 0.114. The maximum Gasteiger partial charge on any atom is 0.163 e. The van der Waals surface area contributed by atoms with Gasteiger partial charge in [0.15, 0.2) is 5.82 Å². The van der Waals surface area contributed by atoms with Crippen molar-refractivity contribution < 1.29 is 0 Å². The second-order valence-corrected chi connectivity index (χ2v) is 9.36. The molecule has 0 amide bonds. The molecule has 0 radical (unpaired) electrons. The standard InChI is InChI=1S/C31H28N6/c1-37(2)23-15-13-21(14-16-23)26(27-20-33-28-11-5-3-9-24(27)28)19-34-31-25-10-4-6-12-29(25)35-30(36-31)22-8-7-17-32-18-22/h3-18,20,26,33H,19H2,1-2H3,(H,34,35,36)/t26-/m1/s1. The third-order valence-electron chi connectivity index (χ3n) is 6.81. The molecule has 3 heterocycles. The highest BCUT2D eigenvalue weighted by molar-refractivity contribution is 5.90. The van der Waals surface area contributed by atoms with E-state index in [1.54, 1.807) is 12.4 Å². The number of anilines is 2. The number of pyridine rings is 1. The van der Waals surface area contributed by atoms with E-state index in [0.717, 1.165) is 27.8 Å². The summed E-state index contributed by atoms with van der Waals surface area (Å²) in [7, 11) is 4.13. The van der Waals surface area contributed by atoms with E-state index in [1.807, 2.05) is 30.3 Å². The molecule has 0 bridgehead atoms. The molecular formula is C31H28N6. The molecule has 0 saturated carbocycles. The Labute approximate surface area is 216 Å². The van der Waals surface area contributed by atoms with Gasteiger partial charge in [-0.25, -0.2) is 9.97 Å². The summed E-state index contributed by atoms with van der Waals surface area (Å²) in [6.07, 6.45) is 5.70. The van der Waals surface area contributed by atoms with Crippen molar-refractivity contribution >= 4 is 33.3 Å². The lowest BCUT2D eigenvalue weighted by atomic mass is 9.90. The molecule has 2 N–H and O–H groups in total. The molecule has 37 heavy (non-hydrogen) atoms. The van der Waals surface area contributed by atoms with Crippen LogP contribution in [0.25, 0.3) is 33.2 Å². The summed E-state index contributed by atoms with van der Waals surface area (Å²) in [4.78, 5) is 19.6. The molecule has 1 atom stereocenters. The van der Waals surface area contributed by atoms with Crippen molar-refractivity contribution in [3.05, 3.63) is 115 Å². The molecule has 6 rings (SSSR count). The van der Waals surface area contributed by atoms with Gasteiger partial charge in [-0.1, -0.05) is 42.5 Å². The van der Waals surface area contributed by atoms with Gasteiger partial charge in [0.25, 0.3) is 0 Å². The smallest absolute Gasteiger partial charge is 0.163 e. The number of H-pyrrole nitrogens is 1. The Kier molecular flexibility index (Phi) is 5.98. The highest BCUT2D eigenvalue weighted by Gasteiger charge is 2.20. The molecule has 0 unspecified atom stereocenters. The molecular weight excluding hydrogens is 456 g/mol. The van der Waals surface area contributed by atoms with Gasteiger partial charge in [-0.05, 0) is 53.6 Å².